The summed E-state index contributed by atoms with van der Waals surface area (Å²) in [5.41, 5.74) is 1.47. The first-order chi connectivity index (χ1) is 14.6. The SMILES string of the molecule is CC1CCN(C(=O)CSc2nnc(-c3ccccc3F)n2Cc2ccccc2)CC1. The summed E-state index contributed by atoms with van der Waals surface area (Å²) in [6, 6.07) is 16.5. The second-order valence-electron chi connectivity index (χ2n) is 7.71. The van der Waals surface area contributed by atoms with Gasteiger partial charge in [0.2, 0.25) is 5.91 Å². The minimum atomic E-state index is -0.339. The number of aromatic nitrogens is 3. The van der Waals surface area contributed by atoms with E-state index in [0.717, 1.165) is 31.5 Å². The van der Waals surface area contributed by atoms with Gasteiger partial charge in [-0.25, -0.2) is 4.39 Å². The molecule has 1 aliphatic heterocycles. The molecule has 0 unspecified atom stereocenters. The van der Waals surface area contributed by atoms with E-state index in [9.17, 15) is 9.18 Å². The fourth-order valence-corrected chi connectivity index (χ4v) is 4.46. The Morgan fingerprint density at radius 2 is 1.77 bits per heavy atom. The molecule has 1 amide bonds. The first-order valence-electron chi connectivity index (χ1n) is 10.2. The number of halogens is 1. The number of carbonyl (C=O) groups excluding carboxylic acids is 1. The van der Waals surface area contributed by atoms with Crippen LogP contribution in [-0.4, -0.2) is 44.4 Å². The summed E-state index contributed by atoms with van der Waals surface area (Å²) < 4.78 is 16.3. The molecule has 7 heteroatoms. The van der Waals surface area contributed by atoms with Crippen molar-refractivity contribution in [2.45, 2.75) is 31.5 Å². The highest BCUT2D eigenvalue weighted by molar-refractivity contribution is 7.99. The van der Waals surface area contributed by atoms with Gasteiger partial charge in [0.15, 0.2) is 11.0 Å². The van der Waals surface area contributed by atoms with E-state index >= 15 is 0 Å². The van der Waals surface area contributed by atoms with Crippen molar-refractivity contribution in [2.75, 3.05) is 18.8 Å². The quantitative estimate of drug-likeness (QED) is 0.548. The molecule has 1 saturated heterocycles. The molecule has 1 aromatic heterocycles. The van der Waals surface area contributed by atoms with Crippen molar-refractivity contribution in [3.8, 4) is 11.4 Å². The minimum Gasteiger partial charge on any atom is -0.342 e. The van der Waals surface area contributed by atoms with E-state index in [-0.39, 0.29) is 11.7 Å². The molecule has 0 radical (unpaired) electrons. The standard InChI is InChI=1S/C23H25FN4OS/c1-17-11-13-27(14-12-17)21(29)16-30-23-26-25-22(19-9-5-6-10-20(19)24)28(23)15-18-7-3-2-4-8-18/h2-10,17H,11-16H2,1H3. The van der Waals surface area contributed by atoms with Gasteiger partial charge in [0.1, 0.15) is 5.82 Å². The molecule has 0 N–H and O–H groups in total. The fourth-order valence-electron chi connectivity index (χ4n) is 3.62. The molecule has 1 fully saturated rings. The van der Waals surface area contributed by atoms with Crippen LogP contribution in [0.4, 0.5) is 4.39 Å². The van der Waals surface area contributed by atoms with E-state index in [1.165, 1.54) is 17.8 Å². The van der Waals surface area contributed by atoms with Gasteiger partial charge < -0.3 is 4.90 Å². The maximum Gasteiger partial charge on any atom is 0.233 e. The lowest BCUT2D eigenvalue weighted by Crippen LogP contribution is -2.38. The van der Waals surface area contributed by atoms with Crippen LogP contribution < -0.4 is 0 Å². The maximum absolute atomic E-state index is 14.4. The molecular formula is C23H25FN4OS. The van der Waals surface area contributed by atoms with Crippen LogP contribution in [0.15, 0.2) is 59.8 Å². The molecular weight excluding hydrogens is 399 g/mol. The van der Waals surface area contributed by atoms with E-state index in [1.54, 1.807) is 18.2 Å². The number of benzene rings is 2. The number of piperidine rings is 1. The monoisotopic (exact) mass is 424 g/mol. The van der Waals surface area contributed by atoms with E-state index in [0.29, 0.717) is 34.8 Å². The number of rotatable bonds is 6. The Kier molecular flexibility index (Phi) is 6.47. The zero-order valence-corrected chi connectivity index (χ0v) is 17.8. The van der Waals surface area contributed by atoms with Crippen molar-refractivity contribution in [2.24, 2.45) is 5.92 Å². The highest BCUT2D eigenvalue weighted by Gasteiger charge is 2.22. The van der Waals surface area contributed by atoms with E-state index in [1.807, 2.05) is 39.8 Å². The topological polar surface area (TPSA) is 51.0 Å². The summed E-state index contributed by atoms with van der Waals surface area (Å²) in [5.74, 6) is 1.24. The second-order valence-corrected chi connectivity index (χ2v) is 8.65. The molecule has 4 rings (SSSR count). The van der Waals surface area contributed by atoms with E-state index < -0.39 is 0 Å². The number of nitrogens with zero attached hydrogens (tertiary/aromatic N) is 4. The normalized spacial score (nSPS) is 14.8. The zero-order chi connectivity index (χ0) is 20.9. The molecule has 0 bridgehead atoms. The van der Waals surface area contributed by atoms with Crippen LogP contribution in [0.3, 0.4) is 0 Å². The lowest BCUT2D eigenvalue weighted by atomic mass is 9.99. The van der Waals surface area contributed by atoms with Crippen LogP contribution >= 0.6 is 11.8 Å². The Balaban J connectivity index is 1.56. The summed E-state index contributed by atoms with van der Waals surface area (Å²) in [7, 11) is 0. The van der Waals surface area contributed by atoms with Gasteiger partial charge in [-0.3, -0.25) is 9.36 Å². The average molecular weight is 425 g/mol. The predicted molar refractivity (Wildman–Crippen MR) is 117 cm³/mol. The molecule has 0 atom stereocenters. The molecule has 30 heavy (non-hydrogen) atoms. The number of likely N-dealkylation sites (tertiary alicyclic amines) is 1. The fraction of sp³-hybridized carbons (Fsp3) is 0.348. The molecule has 0 spiro atoms. The van der Waals surface area contributed by atoms with Crippen molar-refractivity contribution in [1.29, 1.82) is 0 Å². The van der Waals surface area contributed by atoms with Gasteiger partial charge in [-0.2, -0.15) is 0 Å². The lowest BCUT2D eigenvalue weighted by Gasteiger charge is -2.30. The molecule has 0 aliphatic carbocycles. The first kappa shape index (κ1) is 20.6. The van der Waals surface area contributed by atoms with Crippen LogP contribution in [-0.2, 0) is 11.3 Å². The van der Waals surface area contributed by atoms with Crippen LogP contribution in [0.2, 0.25) is 0 Å². The van der Waals surface area contributed by atoms with Crippen molar-refractivity contribution in [3.63, 3.8) is 0 Å². The summed E-state index contributed by atoms with van der Waals surface area (Å²) >= 11 is 1.37. The smallest absolute Gasteiger partial charge is 0.233 e. The number of hydrogen-bond donors (Lipinski definition) is 0. The van der Waals surface area contributed by atoms with Gasteiger partial charge in [0, 0.05) is 13.1 Å². The van der Waals surface area contributed by atoms with Gasteiger partial charge in [0.25, 0.3) is 0 Å². The van der Waals surface area contributed by atoms with Crippen molar-refractivity contribution in [1.82, 2.24) is 19.7 Å². The Morgan fingerprint density at radius 3 is 2.50 bits per heavy atom. The minimum absolute atomic E-state index is 0.119. The highest BCUT2D eigenvalue weighted by atomic mass is 32.2. The molecule has 2 aromatic carbocycles. The van der Waals surface area contributed by atoms with E-state index in [2.05, 4.69) is 17.1 Å². The summed E-state index contributed by atoms with van der Waals surface area (Å²) in [6.45, 7) is 4.37. The largest absolute Gasteiger partial charge is 0.342 e. The molecule has 2 heterocycles. The molecule has 3 aromatic rings. The van der Waals surface area contributed by atoms with Crippen LogP contribution in [0, 0.1) is 11.7 Å². The zero-order valence-electron chi connectivity index (χ0n) is 17.0. The lowest BCUT2D eigenvalue weighted by molar-refractivity contribution is -0.129. The van der Waals surface area contributed by atoms with Gasteiger partial charge in [-0.1, -0.05) is 61.2 Å². The van der Waals surface area contributed by atoms with Crippen molar-refractivity contribution in [3.05, 3.63) is 66.0 Å². The molecule has 5 nitrogen and oxygen atoms in total. The second kappa shape index (κ2) is 9.43. The Labute approximate surface area is 180 Å². The van der Waals surface area contributed by atoms with Gasteiger partial charge in [0.05, 0.1) is 17.9 Å². The summed E-state index contributed by atoms with van der Waals surface area (Å²) in [4.78, 5) is 14.6. The number of carbonyl (C=O) groups is 1. The van der Waals surface area contributed by atoms with Crippen molar-refractivity contribution >= 4 is 17.7 Å². The number of hydrogen-bond acceptors (Lipinski definition) is 4. The van der Waals surface area contributed by atoms with Gasteiger partial charge >= 0.3 is 0 Å². The van der Waals surface area contributed by atoms with Gasteiger partial charge in [-0.05, 0) is 36.5 Å². The predicted octanol–water partition coefficient (Wildman–Crippen LogP) is 4.48. The highest BCUT2D eigenvalue weighted by Crippen LogP contribution is 2.27. The van der Waals surface area contributed by atoms with Crippen molar-refractivity contribution < 1.29 is 9.18 Å². The average Bonchev–Trinajstić information content (AvgIpc) is 3.15. The Hall–Kier alpha value is -2.67. The van der Waals surface area contributed by atoms with Crippen LogP contribution in [0.5, 0.6) is 0 Å². The maximum atomic E-state index is 14.4. The Morgan fingerprint density at radius 1 is 1.07 bits per heavy atom. The third-order valence-corrected chi connectivity index (χ3v) is 6.43. The van der Waals surface area contributed by atoms with Crippen LogP contribution in [0.25, 0.3) is 11.4 Å². The summed E-state index contributed by atoms with van der Waals surface area (Å²) in [5, 5.41) is 9.19. The Bertz CT molecular complexity index is 999. The number of amides is 1. The third kappa shape index (κ3) is 4.73. The van der Waals surface area contributed by atoms with Gasteiger partial charge in [-0.15, -0.1) is 10.2 Å². The first-order valence-corrected chi connectivity index (χ1v) is 11.2. The molecule has 156 valence electrons. The molecule has 0 saturated carbocycles. The van der Waals surface area contributed by atoms with Crippen LogP contribution in [0.1, 0.15) is 25.3 Å². The third-order valence-electron chi connectivity index (χ3n) is 5.48. The molecule has 1 aliphatic rings. The summed E-state index contributed by atoms with van der Waals surface area (Å²) in [6.07, 6.45) is 2.11. The number of thioether (sulfide) groups is 1. The van der Waals surface area contributed by atoms with E-state index in [4.69, 9.17) is 0 Å².